The summed E-state index contributed by atoms with van der Waals surface area (Å²) in [6.45, 7) is 5.26. The number of carbonyl (C=O) groups is 2. The number of esters is 1. The lowest BCUT2D eigenvalue weighted by Gasteiger charge is -2.22. The molecule has 7 heteroatoms. The Kier molecular flexibility index (Phi) is 7.69. The average Bonchev–Trinajstić information content (AvgIpc) is 2.71. The first kappa shape index (κ1) is 23.1. The molecule has 1 N–H and O–H groups in total. The van der Waals surface area contributed by atoms with E-state index < -0.39 is 23.7 Å². The van der Waals surface area contributed by atoms with Crippen LogP contribution in [-0.2, 0) is 20.7 Å². The van der Waals surface area contributed by atoms with Gasteiger partial charge in [0.2, 0.25) is 0 Å². The van der Waals surface area contributed by atoms with Crippen molar-refractivity contribution in [3.8, 4) is 22.6 Å². The molecular weight excluding hydrogens is 386 g/mol. The Hall–Kier alpha value is -3.22. The third kappa shape index (κ3) is 6.14. The molecule has 1 unspecified atom stereocenters. The lowest BCUT2D eigenvalue weighted by molar-refractivity contribution is -0.143. The fourth-order valence-corrected chi connectivity index (χ4v) is 2.96. The second-order valence-corrected chi connectivity index (χ2v) is 7.66. The molecule has 0 aromatic heterocycles. The predicted octanol–water partition coefficient (Wildman–Crippen LogP) is 3.98. The first-order chi connectivity index (χ1) is 14.2. The highest BCUT2D eigenvalue weighted by Gasteiger charge is 2.25. The Labute approximate surface area is 177 Å². The number of hydrogen-bond donors (Lipinski definition) is 1. The zero-order valence-corrected chi connectivity index (χ0v) is 18.3. The average molecular weight is 415 g/mol. The van der Waals surface area contributed by atoms with Gasteiger partial charge in [-0.1, -0.05) is 30.3 Å². The molecule has 162 valence electrons. The maximum absolute atomic E-state index is 12.1. The Morgan fingerprint density at radius 3 is 1.97 bits per heavy atom. The summed E-state index contributed by atoms with van der Waals surface area (Å²) in [7, 11) is 4.50. The van der Waals surface area contributed by atoms with E-state index in [1.807, 2.05) is 42.5 Å². The molecule has 2 aromatic carbocycles. The van der Waals surface area contributed by atoms with Gasteiger partial charge in [0, 0.05) is 6.42 Å². The van der Waals surface area contributed by atoms with Crippen molar-refractivity contribution in [3.63, 3.8) is 0 Å². The monoisotopic (exact) mass is 415 g/mol. The SMILES string of the molecule is COC(=O)C(Cc1ccc(-c2c(OC)cccc2OC)cc1)NC(=O)OC(C)(C)C. The zero-order valence-electron chi connectivity index (χ0n) is 18.3. The zero-order chi connectivity index (χ0) is 22.3. The smallest absolute Gasteiger partial charge is 0.408 e. The van der Waals surface area contributed by atoms with Gasteiger partial charge in [-0.2, -0.15) is 0 Å². The van der Waals surface area contributed by atoms with Gasteiger partial charge in [-0.15, -0.1) is 0 Å². The van der Waals surface area contributed by atoms with Crippen molar-refractivity contribution >= 4 is 12.1 Å². The van der Waals surface area contributed by atoms with E-state index in [0.717, 1.165) is 16.7 Å². The number of carbonyl (C=O) groups excluding carboxylic acids is 2. The van der Waals surface area contributed by atoms with Crippen LogP contribution in [-0.4, -0.2) is 45.0 Å². The quantitative estimate of drug-likeness (QED) is 0.689. The number of rotatable bonds is 7. The van der Waals surface area contributed by atoms with E-state index >= 15 is 0 Å². The van der Waals surface area contributed by atoms with Crippen molar-refractivity contribution in [1.82, 2.24) is 5.32 Å². The molecule has 1 atom stereocenters. The van der Waals surface area contributed by atoms with Gasteiger partial charge in [0.1, 0.15) is 23.1 Å². The molecule has 0 saturated carbocycles. The molecule has 0 aliphatic rings. The van der Waals surface area contributed by atoms with Gasteiger partial charge < -0.3 is 24.3 Å². The Balaban J connectivity index is 2.22. The number of alkyl carbamates (subject to hydrolysis) is 1. The van der Waals surface area contributed by atoms with Crippen LogP contribution in [0.25, 0.3) is 11.1 Å². The normalized spacial score (nSPS) is 11.9. The Morgan fingerprint density at radius 2 is 1.50 bits per heavy atom. The summed E-state index contributed by atoms with van der Waals surface area (Å²) in [6, 6.07) is 12.3. The lowest BCUT2D eigenvalue weighted by Crippen LogP contribution is -2.45. The minimum absolute atomic E-state index is 0.259. The predicted molar refractivity (Wildman–Crippen MR) is 114 cm³/mol. The van der Waals surface area contributed by atoms with E-state index in [-0.39, 0.29) is 6.42 Å². The van der Waals surface area contributed by atoms with Crippen molar-refractivity contribution in [2.24, 2.45) is 0 Å². The minimum Gasteiger partial charge on any atom is -0.496 e. The summed E-state index contributed by atoms with van der Waals surface area (Å²) in [5, 5.41) is 2.58. The van der Waals surface area contributed by atoms with Crippen LogP contribution < -0.4 is 14.8 Å². The fourth-order valence-electron chi connectivity index (χ4n) is 2.96. The summed E-state index contributed by atoms with van der Waals surface area (Å²) in [5.41, 5.74) is 1.92. The first-order valence-electron chi connectivity index (χ1n) is 9.56. The molecule has 0 fully saturated rings. The summed E-state index contributed by atoms with van der Waals surface area (Å²) in [4.78, 5) is 24.2. The van der Waals surface area contributed by atoms with E-state index in [4.69, 9.17) is 18.9 Å². The van der Waals surface area contributed by atoms with Crippen molar-refractivity contribution in [3.05, 3.63) is 48.0 Å². The first-order valence-corrected chi connectivity index (χ1v) is 9.56. The number of benzene rings is 2. The topological polar surface area (TPSA) is 83.1 Å². The van der Waals surface area contributed by atoms with Gasteiger partial charge in [-0.3, -0.25) is 0 Å². The van der Waals surface area contributed by atoms with E-state index in [0.29, 0.717) is 11.5 Å². The van der Waals surface area contributed by atoms with E-state index in [1.165, 1.54) is 7.11 Å². The number of amides is 1. The van der Waals surface area contributed by atoms with Crippen molar-refractivity contribution < 1.29 is 28.5 Å². The molecule has 1 amide bonds. The third-order valence-corrected chi connectivity index (χ3v) is 4.29. The third-order valence-electron chi connectivity index (χ3n) is 4.29. The molecule has 30 heavy (non-hydrogen) atoms. The molecule has 0 spiro atoms. The van der Waals surface area contributed by atoms with Gasteiger partial charge in [0.05, 0.1) is 26.9 Å². The summed E-state index contributed by atoms with van der Waals surface area (Å²) < 4.78 is 21.0. The van der Waals surface area contributed by atoms with Gasteiger partial charge >= 0.3 is 12.1 Å². The summed E-state index contributed by atoms with van der Waals surface area (Å²) in [6.07, 6.45) is -0.414. The van der Waals surface area contributed by atoms with Crippen LogP contribution >= 0.6 is 0 Å². The standard InChI is InChI=1S/C23H29NO6/c1-23(2,3)30-22(26)24-17(21(25)29-6)14-15-10-12-16(13-11-15)20-18(27-4)8-7-9-19(20)28-5/h7-13,17H,14H2,1-6H3,(H,24,26). The Bertz CT molecular complexity index is 848. The van der Waals surface area contributed by atoms with Crippen molar-refractivity contribution in [2.75, 3.05) is 21.3 Å². The van der Waals surface area contributed by atoms with E-state index in [2.05, 4.69) is 5.32 Å². The second kappa shape index (κ2) is 10.0. The van der Waals surface area contributed by atoms with Crippen LogP contribution in [0.2, 0.25) is 0 Å². The van der Waals surface area contributed by atoms with Gasteiger partial charge in [-0.25, -0.2) is 9.59 Å². The molecule has 7 nitrogen and oxygen atoms in total. The van der Waals surface area contributed by atoms with Crippen molar-refractivity contribution in [1.29, 1.82) is 0 Å². The molecular formula is C23H29NO6. The van der Waals surface area contributed by atoms with Gasteiger partial charge in [0.15, 0.2) is 0 Å². The summed E-state index contributed by atoms with van der Waals surface area (Å²) >= 11 is 0. The molecule has 2 aromatic rings. The van der Waals surface area contributed by atoms with Crippen LogP contribution in [0.1, 0.15) is 26.3 Å². The van der Waals surface area contributed by atoms with Crippen LogP contribution in [0.4, 0.5) is 4.79 Å². The molecule has 0 aliphatic heterocycles. The number of ether oxygens (including phenoxy) is 4. The van der Waals surface area contributed by atoms with E-state index in [1.54, 1.807) is 35.0 Å². The van der Waals surface area contributed by atoms with Gasteiger partial charge in [-0.05, 0) is 44.0 Å². The number of hydrogen-bond acceptors (Lipinski definition) is 6. The summed E-state index contributed by atoms with van der Waals surface area (Å²) in [5.74, 6) is 0.846. The van der Waals surface area contributed by atoms with Crippen LogP contribution in [0.5, 0.6) is 11.5 Å². The maximum atomic E-state index is 12.1. The second-order valence-electron chi connectivity index (χ2n) is 7.66. The van der Waals surface area contributed by atoms with Crippen molar-refractivity contribution in [2.45, 2.75) is 38.8 Å². The number of nitrogens with one attached hydrogen (secondary N) is 1. The Morgan fingerprint density at radius 1 is 0.933 bits per heavy atom. The highest BCUT2D eigenvalue weighted by Crippen LogP contribution is 2.38. The molecule has 0 saturated heterocycles. The lowest BCUT2D eigenvalue weighted by atomic mass is 9.99. The minimum atomic E-state index is -0.864. The molecule has 0 heterocycles. The highest BCUT2D eigenvalue weighted by atomic mass is 16.6. The van der Waals surface area contributed by atoms with Crippen LogP contribution in [0.15, 0.2) is 42.5 Å². The van der Waals surface area contributed by atoms with Crippen LogP contribution in [0, 0.1) is 0 Å². The largest absolute Gasteiger partial charge is 0.496 e. The maximum Gasteiger partial charge on any atom is 0.408 e. The molecule has 0 aliphatic carbocycles. The van der Waals surface area contributed by atoms with Gasteiger partial charge in [0.25, 0.3) is 0 Å². The van der Waals surface area contributed by atoms with Crippen LogP contribution in [0.3, 0.4) is 0 Å². The highest BCUT2D eigenvalue weighted by molar-refractivity contribution is 5.82. The van der Waals surface area contributed by atoms with E-state index in [9.17, 15) is 9.59 Å². The molecule has 0 bridgehead atoms. The molecule has 0 radical (unpaired) electrons. The molecule has 2 rings (SSSR count). The number of methoxy groups -OCH3 is 3. The fraction of sp³-hybridized carbons (Fsp3) is 0.391.